The number of carbonyl (C=O) groups excluding carboxylic acids is 3. The number of likely N-dealkylation sites (tertiary alicyclic amines) is 1. The van der Waals surface area contributed by atoms with Crippen LogP contribution < -0.4 is 11.1 Å². The number of thiazole rings is 1. The van der Waals surface area contributed by atoms with Crippen molar-refractivity contribution in [2.45, 2.75) is 141 Å². The summed E-state index contributed by atoms with van der Waals surface area (Å²) < 4.78 is 11.1. The number of aryl methyl sites for hydroxylation is 1. The number of Topliss-reactive ketones (excluding diaryl/α,β-unsaturated/α-hetero) is 1. The van der Waals surface area contributed by atoms with Gasteiger partial charge in [-0.2, -0.15) is 0 Å². The molecule has 10 nitrogen and oxygen atoms in total. The second-order valence-electron chi connectivity index (χ2n) is 17.0. The first kappa shape index (κ1) is 51.5. The monoisotopic (exact) mass is 967 g/mol. The normalized spacial score (nSPS) is 17.7. The highest BCUT2D eigenvalue weighted by Gasteiger charge is 2.40. The van der Waals surface area contributed by atoms with Crippen molar-refractivity contribution in [1.82, 2.24) is 20.1 Å². The number of piperidine rings is 1. The highest BCUT2D eigenvalue weighted by atomic mass is 79.9. The van der Waals surface area contributed by atoms with Crippen LogP contribution in [0.5, 0.6) is 0 Å². The molecule has 1 fully saturated rings. The average molecular weight is 970 g/mol. The van der Waals surface area contributed by atoms with Crippen LogP contribution in [0.1, 0.15) is 120 Å². The van der Waals surface area contributed by atoms with Gasteiger partial charge in [0.05, 0.1) is 32.6 Å². The third-order valence-corrected chi connectivity index (χ3v) is 12.3. The Balaban J connectivity index is 0.000000276. The van der Waals surface area contributed by atoms with E-state index in [0.717, 1.165) is 60.5 Å². The molecule has 15 heteroatoms. The summed E-state index contributed by atoms with van der Waals surface area (Å²) in [6, 6.07) is 14.5. The third kappa shape index (κ3) is 17.9. The molecule has 3 N–H and O–H groups in total. The Labute approximate surface area is 385 Å². The molecule has 2 aliphatic heterocycles. The van der Waals surface area contributed by atoms with E-state index >= 15 is 0 Å². The van der Waals surface area contributed by atoms with Crippen molar-refractivity contribution < 1.29 is 23.9 Å². The summed E-state index contributed by atoms with van der Waals surface area (Å²) in [6.07, 6.45) is 8.44. The van der Waals surface area contributed by atoms with Gasteiger partial charge in [0.2, 0.25) is 0 Å². The molecule has 0 aliphatic carbocycles. The molecule has 0 radical (unpaired) electrons. The average Bonchev–Trinajstić information content (AvgIpc) is 3.58. The molecular formula is C45H64BrCl2N5O5S2. The number of ketones is 1. The van der Waals surface area contributed by atoms with Gasteiger partial charge < -0.3 is 20.5 Å². The summed E-state index contributed by atoms with van der Waals surface area (Å²) >= 11 is 21.8. The van der Waals surface area contributed by atoms with E-state index in [-0.39, 0.29) is 22.7 Å². The quantitative estimate of drug-likeness (QED) is 0.104. The lowest BCUT2D eigenvalue weighted by atomic mass is 9.94. The molecule has 3 heterocycles. The fourth-order valence-corrected chi connectivity index (χ4v) is 8.61. The first-order chi connectivity index (χ1) is 28.2. The Morgan fingerprint density at radius 3 is 1.88 bits per heavy atom. The molecule has 2 amide bonds. The summed E-state index contributed by atoms with van der Waals surface area (Å²) in [6.45, 7) is 15.4. The van der Waals surface area contributed by atoms with Crippen LogP contribution in [0.3, 0.4) is 0 Å². The summed E-state index contributed by atoms with van der Waals surface area (Å²) in [5.74, 6) is 0.0112. The Morgan fingerprint density at radius 2 is 1.40 bits per heavy atom. The van der Waals surface area contributed by atoms with Gasteiger partial charge >= 0.3 is 12.2 Å². The maximum absolute atomic E-state index is 12.9. The maximum atomic E-state index is 12.9. The van der Waals surface area contributed by atoms with Crippen molar-refractivity contribution in [2.75, 3.05) is 26.7 Å². The molecule has 2 aromatic carbocycles. The van der Waals surface area contributed by atoms with E-state index in [0.29, 0.717) is 47.4 Å². The zero-order chi connectivity index (χ0) is 44.6. The van der Waals surface area contributed by atoms with Gasteiger partial charge in [0.25, 0.3) is 0 Å². The Bertz CT molecular complexity index is 1830. The number of hydrogen-bond donors (Lipinski definition) is 2. The highest BCUT2D eigenvalue weighted by molar-refractivity contribution is 9.10. The Hall–Kier alpha value is -2.81. The fraction of sp³-hybridized carbons (Fsp3) is 0.578. The fourth-order valence-electron chi connectivity index (χ4n) is 6.55. The predicted molar refractivity (Wildman–Crippen MR) is 254 cm³/mol. The molecule has 332 valence electrons. The zero-order valence-electron chi connectivity index (χ0n) is 36.5. The van der Waals surface area contributed by atoms with Crippen LogP contribution in [0.25, 0.3) is 0 Å². The van der Waals surface area contributed by atoms with Crippen molar-refractivity contribution in [3.63, 3.8) is 0 Å². The number of halogens is 3. The largest absolute Gasteiger partial charge is 0.444 e. The summed E-state index contributed by atoms with van der Waals surface area (Å²) in [4.78, 5) is 48.0. The molecule has 3 aromatic rings. The third-order valence-electron chi connectivity index (χ3n) is 9.47. The molecule has 2 aliphatic rings. The van der Waals surface area contributed by atoms with Crippen LogP contribution in [0, 0.1) is 0 Å². The number of carbonyl (C=O) groups is 3. The number of benzene rings is 2. The van der Waals surface area contributed by atoms with Gasteiger partial charge in [-0.25, -0.2) is 14.6 Å². The second-order valence-corrected chi connectivity index (χ2v) is 20.7. The highest BCUT2D eigenvalue weighted by Crippen LogP contribution is 2.37. The number of aromatic nitrogens is 1. The first-order valence-corrected chi connectivity index (χ1v) is 23.7. The summed E-state index contributed by atoms with van der Waals surface area (Å²) in [5, 5.41) is 5.69. The number of alkyl halides is 1. The maximum Gasteiger partial charge on any atom is 0.410 e. The first-order valence-electron chi connectivity index (χ1n) is 20.8. The number of nitrogens with zero attached hydrogens (tertiary/aromatic N) is 3. The minimum absolute atomic E-state index is 0.0112. The smallest absolute Gasteiger partial charge is 0.410 e. The van der Waals surface area contributed by atoms with Crippen LogP contribution in [0.2, 0.25) is 10.0 Å². The Morgan fingerprint density at radius 1 is 0.883 bits per heavy atom. The second kappa shape index (κ2) is 24.7. The lowest BCUT2D eigenvalue weighted by Crippen LogP contribution is -2.54. The lowest BCUT2D eigenvalue weighted by Gasteiger charge is -2.37. The van der Waals surface area contributed by atoms with Gasteiger partial charge in [0.1, 0.15) is 11.2 Å². The van der Waals surface area contributed by atoms with Crippen molar-refractivity contribution in [1.29, 1.82) is 0 Å². The van der Waals surface area contributed by atoms with E-state index in [1.807, 2.05) is 89.9 Å². The minimum Gasteiger partial charge on any atom is -0.444 e. The molecule has 3 unspecified atom stereocenters. The number of thiocarbonyl (C=S) groups is 1. The van der Waals surface area contributed by atoms with Crippen LogP contribution in [-0.2, 0) is 40.0 Å². The van der Waals surface area contributed by atoms with Crippen molar-refractivity contribution in [3.05, 3.63) is 85.3 Å². The number of rotatable bonds is 12. The van der Waals surface area contributed by atoms with Crippen LogP contribution in [0.15, 0.2) is 48.5 Å². The SMILES string of the molecule is CC(C)(C)OC(=O)N1CCC(Br)C(=O)C1Cc1ccc(Cl)cc1.CCCCCC(N)=S.CNCCCc1nc2c(s1)CCN(C(=O)OC(C)(C)C)C2Cc1ccc(Cl)cc1. The number of nitrogens with two attached hydrogens (primary N) is 1. The molecule has 5 rings (SSSR count). The summed E-state index contributed by atoms with van der Waals surface area (Å²) in [7, 11) is 1.97. The number of nitrogens with one attached hydrogen (secondary N) is 1. The lowest BCUT2D eigenvalue weighted by molar-refractivity contribution is -0.126. The number of amides is 2. The number of ether oxygens (including phenoxy) is 2. The molecule has 0 saturated carbocycles. The van der Waals surface area contributed by atoms with Gasteiger partial charge in [-0.1, -0.05) is 95.4 Å². The molecule has 3 atom stereocenters. The van der Waals surface area contributed by atoms with E-state index in [2.05, 4.69) is 40.4 Å². The molecule has 1 saturated heterocycles. The van der Waals surface area contributed by atoms with Gasteiger partial charge in [0.15, 0.2) is 5.78 Å². The molecule has 0 spiro atoms. The van der Waals surface area contributed by atoms with Gasteiger partial charge in [-0.05, 0) is 123 Å². The standard InChI is InChI=1S/C22H30ClN3O2S.C17H21BrClNO3.C6H13NS/c1-22(2,3)28-21(27)26-13-11-18-20(25-19(29-18)6-5-12-24-4)17(26)14-15-7-9-16(23)10-8-15;1-17(2,3)23-16(22)20-9-8-13(18)15(21)14(20)10-11-4-6-12(19)7-5-11;1-2-3-4-5-6(7)8/h7-10,17,24H,5-6,11-14H2,1-4H3;4-7,13-14H,8-10H2,1-3H3;2-5H2,1H3,(H2,7,8). The minimum atomic E-state index is -0.587. The van der Waals surface area contributed by atoms with Gasteiger partial charge in [-0.15, -0.1) is 11.3 Å². The molecule has 1 aromatic heterocycles. The zero-order valence-corrected chi connectivity index (χ0v) is 41.2. The van der Waals surface area contributed by atoms with Gasteiger partial charge in [0, 0.05) is 47.3 Å². The molecule has 0 bridgehead atoms. The Kier molecular flexibility index (Phi) is 21.2. The molecule has 60 heavy (non-hydrogen) atoms. The molecular weight excluding hydrogens is 905 g/mol. The van der Waals surface area contributed by atoms with Crippen LogP contribution in [-0.4, -0.2) is 86.5 Å². The number of fused-ring (bicyclic) bond motifs is 1. The number of unbranched alkanes of at least 4 members (excludes halogenated alkanes) is 2. The predicted octanol–water partition coefficient (Wildman–Crippen LogP) is 11.1. The topological polar surface area (TPSA) is 127 Å². The van der Waals surface area contributed by atoms with E-state index in [4.69, 9.17) is 43.4 Å². The van der Waals surface area contributed by atoms with Gasteiger partial charge in [-0.3, -0.25) is 14.6 Å². The van der Waals surface area contributed by atoms with E-state index in [1.165, 1.54) is 17.7 Å². The van der Waals surface area contributed by atoms with E-state index < -0.39 is 23.3 Å². The van der Waals surface area contributed by atoms with Crippen molar-refractivity contribution in [2.24, 2.45) is 5.73 Å². The van der Waals surface area contributed by atoms with Crippen molar-refractivity contribution >= 4 is 85.6 Å². The van der Waals surface area contributed by atoms with Crippen molar-refractivity contribution in [3.8, 4) is 0 Å². The van der Waals surface area contributed by atoms with Crippen LogP contribution in [0.4, 0.5) is 9.59 Å². The summed E-state index contributed by atoms with van der Waals surface area (Å²) in [5.41, 5.74) is 7.27. The van der Waals surface area contributed by atoms with Crippen LogP contribution >= 0.6 is 62.7 Å². The number of hydrogen-bond acceptors (Lipinski definition) is 9. The van der Waals surface area contributed by atoms with E-state index in [1.54, 1.807) is 28.4 Å². The van der Waals surface area contributed by atoms with E-state index in [9.17, 15) is 14.4 Å².